The molecule has 0 atom stereocenters. The molecule has 2 heterocycles. The average Bonchev–Trinajstić information content (AvgIpc) is 3.23. The molecule has 0 aliphatic heterocycles. The molecule has 2 aromatic heterocycles. The number of anilines is 2. The second-order valence-electron chi connectivity index (χ2n) is 6.31. The van der Waals surface area contributed by atoms with Crippen LogP contribution in [0, 0.1) is 5.82 Å². The predicted octanol–water partition coefficient (Wildman–Crippen LogP) is 3.99. The van der Waals surface area contributed by atoms with Crippen molar-refractivity contribution in [3.63, 3.8) is 0 Å². The number of aromatic nitrogens is 3. The van der Waals surface area contributed by atoms with Gasteiger partial charge in [0.2, 0.25) is 5.95 Å². The number of rotatable bonds is 6. The molecule has 0 aliphatic carbocycles. The lowest BCUT2D eigenvalue weighted by Crippen LogP contribution is -2.07. The molecule has 0 aliphatic rings. The number of methoxy groups -OCH3 is 2. The van der Waals surface area contributed by atoms with Crippen LogP contribution in [0.1, 0.15) is 10.4 Å². The zero-order chi connectivity index (χ0) is 21.3. The Morgan fingerprint density at radius 1 is 1.10 bits per heavy atom. The highest BCUT2D eigenvalue weighted by molar-refractivity contribution is 5.95. The van der Waals surface area contributed by atoms with Crippen molar-refractivity contribution in [3.8, 4) is 22.8 Å². The fourth-order valence-corrected chi connectivity index (χ4v) is 3.08. The molecule has 9 heteroatoms. The zero-order valence-corrected chi connectivity index (χ0v) is 16.1. The quantitative estimate of drug-likeness (QED) is 0.498. The van der Waals surface area contributed by atoms with E-state index in [-0.39, 0.29) is 11.3 Å². The van der Waals surface area contributed by atoms with Crippen molar-refractivity contribution < 1.29 is 23.8 Å². The van der Waals surface area contributed by atoms with Crippen LogP contribution in [0.2, 0.25) is 0 Å². The number of hydrogen-bond donors (Lipinski definition) is 2. The number of halogens is 1. The summed E-state index contributed by atoms with van der Waals surface area (Å²) < 4.78 is 25.8. The molecule has 0 amide bonds. The van der Waals surface area contributed by atoms with E-state index in [1.165, 1.54) is 12.1 Å². The summed E-state index contributed by atoms with van der Waals surface area (Å²) in [6.45, 7) is 0. The van der Waals surface area contributed by atoms with Crippen molar-refractivity contribution in [1.82, 2.24) is 14.4 Å². The smallest absolute Gasteiger partial charge is 0.337 e. The van der Waals surface area contributed by atoms with Gasteiger partial charge in [0.25, 0.3) is 0 Å². The zero-order valence-electron chi connectivity index (χ0n) is 16.1. The minimum Gasteiger partial charge on any atom is -0.493 e. The second-order valence-corrected chi connectivity index (χ2v) is 6.31. The Labute approximate surface area is 170 Å². The van der Waals surface area contributed by atoms with E-state index < -0.39 is 11.8 Å². The Balaban J connectivity index is 1.83. The summed E-state index contributed by atoms with van der Waals surface area (Å²) in [5.41, 5.74) is 1.92. The Bertz CT molecular complexity index is 1260. The first-order valence-electron chi connectivity index (χ1n) is 8.86. The van der Waals surface area contributed by atoms with E-state index in [0.29, 0.717) is 28.8 Å². The van der Waals surface area contributed by atoms with Gasteiger partial charge in [-0.1, -0.05) is 0 Å². The lowest BCUT2D eigenvalue weighted by molar-refractivity contribution is 0.0697. The highest BCUT2D eigenvalue weighted by Gasteiger charge is 2.15. The molecule has 4 rings (SSSR count). The van der Waals surface area contributed by atoms with Gasteiger partial charge in [0.1, 0.15) is 11.5 Å². The molecule has 8 nitrogen and oxygen atoms in total. The lowest BCUT2D eigenvalue weighted by Gasteiger charge is -2.13. The molecule has 4 aromatic rings. The molecule has 2 N–H and O–H groups in total. The fourth-order valence-electron chi connectivity index (χ4n) is 3.08. The molecule has 0 fully saturated rings. The van der Waals surface area contributed by atoms with Crippen LogP contribution in [0.5, 0.6) is 11.5 Å². The van der Waals surface area contributed by atoms with Gasteiger partial charge in [-0.05, 0) is 36.4 Å². The van der Waals surface area contributed by atoms with Crippen molar-refractivity contribution in [2.45, 2.75) is 0 Å². The van der Waals surface area contributed by atoms with Crippen LogP contribution in [-0.4, -0.2) is 39.7 Å². The van der Waals surface area contributed by atoms with Crippen molar-refractivity contribution >= 4 is 23.3 Å². The van der Waals surface area contributed by atoms with Crippen LogP contribution in [0.25, 0.3) is 16.9 Å². The maximum Gasteiger partial charge on any atom is 0.337 e. The standard InChI is InChI=1S/C21H17FN4O4/c1-29-17-6-3-12(9-18(17)30-2)16-11-19-23-7-8-26(19)21(25-16)24-15-5-4-13(22)10-14(15)20(27)28/h3-11H,1-2H3,(H,24,25)(H,27,28). The van der Waals surface area contributed by atoms with Crippen molar-refractivity contribution in [3.05, 3.63) is 66.2 Å². The van der Waals surface area contributed by atoms with Crippen LogP contribution in [0.3, 0.4) is 0 Å². The number of fused-ring (bicyclic) bond motifs is 1. The van der Waals surface area contributed by atoms with Crippen LogP contribution in [-0.2, 0) is 0 Å². The SMILES string of the molecule is COc1ccc(-c2cc3nccn3c(Nc3ccc(F)cc3C(=O)O)n2)cc1OC. The van der Waals surface area contributed by atoms with Gasteiger partial charge in [-0.3, -0.25) is 4.40 Å². The Morgan fingerprint density at radius 3 is 2.63 bits per heavy atom. The summed E-state index contributed by atoms with van der Waals surface area (Å²) in [5.74, 6) is -0.447. The average molecular weight is 408 g/mol. The molecule has 0 saturated carbocycles. The van der Waals surface area contributed by atoms with Crippen LogP contribution >= 0.6 is 0 Å². The van der Waals surface area contributed by atoms with E-state index in [0.717, 1.165) is 11.6 Å². The molecule has 30 heavy (non-hydrogen) atoms. The number of hydrogen-bond acceptors (Lipinski definition) is 6. The molecule has 0 radical (unpaired) electrons. The summed E-state index contributed by atoms with van der Waals surface area (Å²) in [6.07, 6.45) is 3.29. The largest absolute Gasteiger partial charge is 0.493 e. The number of carboxylic acid groups (broad SMARTS) is 1. The monoisotopic (exact) mass is 408 g/mol. The van der Waals surface area contributed by atoms with E-state index in [2.05, 4.69) is 15.3 Å². The number of aromatic carboxylic acids is 1. The summed E-state index contributed by atoms with van der Waals surface area (Å²) >= 11 is 0. The van der Waals surface area contributed by atoms with Gasteiger partial charge in [-0.25, -0.2) is 19.2 Å². The summed E-state index contributed by atoms with van der Waals surface area (Å²) in [5, 5.41) is 12.4. The van der Waals surface area contributed by atoms with E-state index in [9.17, 15) is 14.3 Å². The molecular weight excluding hydrogens is 391 g/mol. The maximum atomic E-state index is 13.5. The van der Waals surface area contributed by atoms with Gasteiger partial charge in [0, 0.05) is 24.0 Å². The van der Waals surface area contributed by atoms with Crippen molar-refractivity contribution in [1.29, 1.82) is 0 Å². The van der Waals surface area contributed by atoms with E-state index in [4.69, 9.17) is 9.47 Å². The molecular formula is C21H17FN4O4. The van der Waals surface area contributed by atoms with E-state index in [1.54, 1.807) is 49.2 Å². The first-order chi connectivity index (χ1) is 14.5. The summed E-state index contributed by atoms with van der Waals surface area (Å²) in [6, 6.07) is 10.6. The van der Waals surface area contributed by atoms with Gasteiger partial charge in [0.05, 0.1) is 31.2 Å². The highest BCUT2D eigenvalue weighted by atomic mass is 19.1. The summed E-state index contributed by atoms with van der Waals surface area (Å²) in [4.78, 5) is 20.5. The molecule has 152 valence electrons. The van der Waals surface area contributed by atoms with E-state index >= 15 is 0 Å². The molecule has 0 spiro atoms. The molecule has 0 bridgehead atoms. The third-order valence-electron chi connectivity index (χ3n) is 4.53. The van der Waals surface area contributed by atoms with Crippen molar-refractivity contribution in [2.75, 3.05) is 19.5 Å². The Hall–Kier alpha value is -4.14. The first kappa shape index (κ1) is 19.2. The third-order valence-corrected chi connectivity index (χ3v) is 4.53. The number of carbonyl (C=O) groups is 1. The van der Waals surface area contributed by atoms with Gasteiger partial charge < -0.3 is 19.9 Å². The Morgan fingerprint density at radius 2 is 1.90 bits per heavy atom. The minimum atomic E-state index is -1.25. The number of imidazole rings is 1. The number of ether oxygens (including phenoxy) is 2. The minimum absolute atomic E-state index is 0.205. The van der Waals surface area contributed by atoms with Crippen molar-refractivity contribution in [2.24, 2.45) is 0 Å². The first-order valence-corrected chi connectivity index (χ1v) is 8.86. The van der Waals surface area contributed by atoms with Gasteiger partial charge in [-0.2, -0.15) is 0 Å². The van der Waals surface area contributed by atoms with Crippen LogP contribution in [0.4, 0.5) is 16.0 Å². The van der Waals surface area contributed by atoms with E-state index in [1.807, 2.05) is 6.07 Å². The third kappa shape index (κ3) is 3.48. The Kier molecular flexibility index (Phi) is 4.93. The topological polar surface area (TPSA) is 98.0 Å². The predicted molar refractivity (Wildman–Crippen MR) is 108 cm³/mol. The van der Waals surface area contributed by atoms with Gasteiger partial charge >= 0.3 is 5.97 Å². The second kappa shape index (κ2) is 7.70. The van der Waals surface area contributed by atoms with Crippen LogP contribution in [0.15, 0.2) is 54.9 Å². The number of nitrogens with one attached hydrogen (secondary N) is 1. The normalized spacial score (nSPS) is 10.8. The summed E-state index contributed by atoms with van der Waals surface area (Å²) in [7, 11) is 3.10. The fraction of sp³-hybridized carbons (Fsp3) is 0.0952. The molecule has 2 aromatic carbocycles. The van der Waals surface area contributed by atoms with Gasteiger partial charge in [0.15, 0.2) is 11.5 Å². The maximum absolute atomic E-state index is 13.5. The number of benzene rings is 2. The highest BCUT2D eigenvalue weighted by Crippen LogP contribution is 2.33. The molecule has 0 unspecified atom stereocenters. The van der Waals surface area contributed by atoms with Gasteiger partial charge in [-0.15, -0.1) is 0 Å². The molecule has 0 saturated heterocycles. The number of carboxylic acids is 1. The van der Waals surface area contributed by atoms with Crippen LogP contribution < -0.4 is 14.8 Å². The lowest BCUT2D eigenvalue weighted by atomic mass is 10.1. The number of nitrogens with zero attached hydrogens (tertiary/aromatic N) is 3.